The smallest absolute Gasteiger partial charge is 0.122 e. The summed E-state index contributed by atoms with van der Waals surface area (Å²) in [5.41, 5.74) is 8.62. The molecule has 0 aliphatic carbocycles. The van der Waals surface area contributed by atoms with Gasteiger partial charge >= 0.3 is 0 Å². The maximum Gasteiger partial charge on any atom is 0.122 e. The molecule has 2 unspecified atom stereocenters. The SMILES string of the molecule is Cc1ccc2c(c1)C(C(C)N)CCCO2. The number of aryl methyl sites for hydroxylation is 1. The van der Waals surface area contributed by atoms with Gasteiger partial charge in [0, 0.05) is 12.0 Å². The van der Waals surface area contributed by atoms with Gasteiger partial charge in [-0.05, 0) is 38.3 Å². The Morgan fingerprint density at radius 3 is 3.00 bits per heavy atom. The lowest BCUT2D eigenvalue weighted by molar-refractivity contribution is 0.315. The highest BCUT2D eigenvalue weighted by Crippen LogP contribution is 2.35. The number of benzene rings is 1. The van der Waals surface area contributed by atoms with Crippen LogP contribution in [0.3, 0.4) is 0 Å². The Kier molecular flexibility index (Phi) is 2.96. The Hall–Kier alpha value is -1.02. The first-order chi connectivity index (χ1) is 7.18. The Bertz CT molecular complexity index is 346. The summed E-state index contributed by atoms with van der Waals surface area (Å²) in [4.78, 5) is 0. The highest BCUT2D eigenvalue weighted by molar-refractivity contribution is 5.40. The molecule has 2 nitrogen and oxygen atoms in total. The molecule has 1 aliphatic heterocycles. The molecule has 0 aromatic heterocycles. The lowest BCUT2D eigenvalue weighted by Crippen LogP contribution is -2.24. The van der Waals surface area contributed by atoms with Gasteiger partial charge in [0.05, 0.1) is 6.61 Å². The Labute approximate surface area is 91.4 Å². The van der Waals surface area contributed by atoms with E-state index in [4.69, 9.17) is 10.5 Å². The molecule has 0 spiro atoms. The van der Waals surface area contributed by atoms with Crippen LogP contribution in [0.4, 0.5) is 0 Å². The molecule has 2 N–H and O–H groups in total. The average molecular weight is 205 g/mol. The summed E-state index contributed by atoms with van der Waals surface area (Å²) in [6.45, 7) is 5.02. The molecule has 15 heavy (non-hydrogen) atoms. The van der Waals surface area contributed by atoms with Crippen LogP contribution in [-0.4, -0.2) is 12.6 Å². The van der Waals surface area contributed by atoms with Gasteiger partial charge in [-0.2, -0.15) is 0 Å². The van der Waals surface area contributed by atoms with Crippen molar-refractivity contribution >= 4 is 0 Å². The molecule has 1 aromatic rings. The molecule has 82 valence electrons. The van der Waals surface area contributed by atoms with Crippen molar-refractivity contribution in [3.63, 3.8) is 0 Å². The molecule has 1 aromatic carbocycles. The van der Waals surface area contributed by atoms with E-state index in [1.54, 1.807) is 0 Å². The summed E-state index contributed by atoms with van der Waals surface area (Å²) < 4.78 is 5.73. The number of rotatable bonds is 1. The van der Waals surface area contributed by atoms with Crippen LogP contribution in [0.1, 0.15) is 36.8 Å². The lowest BCUT2D eigenvalue weighted by Gasteiger charge is -2.20. The molecule has 0 amide bonds. The third-order valence-corrected chi connectivity index (χ3v) is 3.12. The van der Waals surface area contributed by atoms with E-state index >= 15 is 0 Å². The number of ether oxygens (including phenoxy) is 1. The molecule has 1 aliphatic rings. The number of hydrogen-bond donors (Lipinski definition) is 1. The van der Waals surface area contributed by atoms with Crippen LogP contribution in [-0.2, 0) is 0 Å². The van der Waals surface area contributed by atoms with Crippen LogP contribution < -0.4 is 10.5 Å². The molecule has 1 heterocycles. The minimum Gasteiger partial charge on any atom is -0.493 e. The lowest BCUT2D eigenvalue weighted by atomic mass is 9.88. The van der Waals surface area contributed by atoms with E-state index in [0.717, 1.165) is 25.2 Å². The summed E-state index contributed by atoms with van der Waals surface area (Å²) >= 11 is 0. The van der Waals surface area contributed by atoms with Crippen molar-refractivity contribution in [3.05, 3.63) is 29.3 Å². The molecule has 0 saturated carbocycles. The maximum atomic E-state index is 6.05. The van der Waals surface area contributed by atoms with Gasteiger partial charge in [0.25, 0.3) is 0 Å². The molecule has 0 fully saturated rings. The quantitative estimate of drug-likeness (QED) is 0.765. The normalized spacial score (nSPS) is 22.5. The standard InChI is InChI=1S/C13H19NO/c1-9-5-6-13-12(8-9)11(10(2)14)4-3-7-15-13/h5-6,8,10-11H,3-4,7,14H2,1-2H3. The van der Waals surface area contributed by atoms with Gasteiger partial charge in [-0.3, -0.25) is 0 Å². The molecular formula is C13H19NO. The molecule has 2 rings (SSSR count). The fraction of sp³-hybridized carbons (Fsp3) is 0.538. The molecule has 0 saturated heterocycles. The zero-order valence-corrected chi connectivity index (χ0v) is 9.49. The molecular weight excluding hydrogens is 186 g/mol. The van der Waals surface area contributed by atoms with Crippen LogP contribution in [0, 0.1) is 6.92 Å². The Morgan fingerprint density at radius 2 is 2.27 bits per heavy atom. The van der Waals surface area contributed by atoms with Crippen molar-refractivity contribution in [1.82, 2.24) is 0 Å². The highest BCUT2D eigenvalue weighted by Gasteiger charge is 2.22. The van der Waals surface area contributed by atoms with Gasteiger partial charge in [0.2, 0.25) is 0 Å². The fourth-order valence-corrected chi connectivity index (χ4v) is 2.28. The number of fused-ring (bicyclic) bond motifs is 1. The number of nitrogens with two attached hydrogens (primary N) is 1. The minimum atomic E-state index is 0.201. The van der Waals surface area contributed by atoms with Crippen molar-refractivity contribution in [2.45, 2.75) is 38.6 Å². The topological polar surface area (TPSA) is 35.2 Å². The summed E-state index contributed by atoms with van der Waals surface area (Å²) in [6, 6.07) is 6.59. The molecule has 2 heteroatoms. The Morgan fingerprint density at radius 1 is 1.47 bits per heavy atom. The Balaban J connectivity index is 2.42. The van der Waals surface area contributed by atoms with E-state index in [-0.39, 0.29) is 6.04 Å². The number of hydrogen-bond acceptors (Lipinski definition) is 2. The van der Waals surface area contributed by atoms with Gasteiger partial charge in [-0.1, -0.05) is 17.7 Å². The van der Waals surface area contributed by atoms with Crippen LogP contribution >= 0.6 is 0 Å². The zero-order chi connectivity index (χ0) is 10.8. The first kappa shape index (κ1) is 10.5. The van der Waals surface area contributed by atoms with E-state index in [9.17, 15) is 0 Å². The summed E-state index contributed by atoms with van der Waals surface area (Å²) in [5.74, 6) is 1.47. The first-order valence-electron chi connectivity index (χ1n) is 5.67. The summed E-state index contributed by atoms with van der Waals surface area (Å²) in [6.07, 6.45) is 2.23. The monoisotopic (exact) mass is 205 g/mol. The maximum absolute atomic E-state index is 6.05. The van der Waals surface area contributed by atoms with Crippen molar-refractivity contribution in [1.29, 1.82) is 0 Å². The predicted octanol–water partition coefficient (Wildman–Crippen LogP) is 2.60. The third-order valence-electron chi connectivity index (χ3n) is 3.12. The van der Waals surface area contributed by atoms with E-state index < -0.39 is 0 Å². The van der Waals surface area contributed by atoms with E-state index in [0.29, 0.717) is 5.92 Å². The second-order valence-corrected chi connectivity index (χ2v) is 4.50. The van der Waals surface area contributed by atoms with Crippen molar-refractivity contribution in [2.75, 3.05) is 6.61 Å². The zero-order valence-electron chi connectivity index (χ0n) is 9.49. The average Bonchev–Trinajstić information content (AvgIpc) is 2.39. The summed E-state index contributed by atoms with van der Waals surface area (Å²) in [5, 5.41) is 0. The second-order valence-electron chi connectivity index (χ2n) is 4.50. The second kappa shape index (κ2) is 4.23. The molecule has 0 bridgehead atoms. The van der Waals surface area contributed by atoms with E-state index in [1.165, 1.54) is 11.1 Å². The van der Waals surface area contributed by atoms with Crippen LogP contribution in [0.25, 0.3) is 0 Å². The van der Waals surface area contributed by atoms with Crippen LogP contribution in [0.2, 0.25) is 0 Å². The van der Waals surface area contributed by atoms with Crippen LogP contribution in [0.15, 0.2) is 18.2 Å². The van der Waals surface area contributed by atoms with Crippen molar-refractivity contribution < 1.29 is 4.74 Å². The minimum absolute atomic E-state index is 0.201. The predicted molar refractivity (Wildman–Crippen MR) is 62.3 cm³/mol. The van der Waals surface area contributed by atoms with Gasteiger partial charge < -0.3 is 10.5 Å². The highest BCUT2D eigenvalue weighted by atomic mass is 16.5. The molecule has 0 radical (unpaired) electrons. The van der Waals surface area contributed by atoms with Crippen LogP contribution in [0.5, 0.6) is 5.75 Å². The summed E-state index contributed by atoms with van der Waals surface area (Å²) in [7, 11) is 0. The first-order valence-corrected chi connectivity index (χ1v) is 5.67. The molecule has 2 atom stereocenters. The van der Waals surface area contributed by atoms with Gasteiger partial charge in [-0.15, -0.1) is 0 Å². The van der Waals surface area contributed by atoms with E-state index in [2.05, 4.69) is 32.0 Å². The third kappa shape index (κ3) is 2.15. The van der Waals surface area contributed by atoms with Crippen molar-refractivity contribution in [2.24, 2.45) is 5.73 Å². The van der Waals surface area contributed by atoms with Gasteiger partial charge in [-0.25, -0.2) is 0 Å². The van der Waals surface area contributed by atoms with Crippen molar-refractivity contribution in [3.8, 4) is 5.75 Å². The van der Waals surface area contributed by atoms with Gasteiger partial charge in [0.1, 0.15) is 5.75 Å². The largest absolute Gasteiger partial charge is 0.493 e. The van der Waals surface area contributed by atoms with Gasteiger partial charge in [0.15, 0.2) is 0 Å². The van der Waals surface area contributed by atoms with E-state index in [1.807, 2.05) is 0 Å². The fourth-order valence-electron chi connectivity index (χ4n) is 2.28.